The number of hydrogen-bond acceptors (Lipinski definition) is 4. The van der Waals surface area contributed by atoms with E-state index in [2.05, 4.69) is 10.3 Å². The molecule has 0 fully saturated rings. The summed E-state index contributed by atoms with van der Waals surface area (Å²) in [5.41, 5.74) is 0.395. The maximum atomic E-state index is 11.8. The van der Waals surface area contributed by atoms with Crippen molar-refractivity contribution < 1.29 is 14.7 Å². The molecule has 8 heteroatoms. The second-order valence-corrected chi connectivity index (χ2v) is 4.62. The Bertz CT molecular complexity index is 570. The summed E-state index contributed by atoms with van der Waals surface area (Å²) in [4.78, 5) is 27.6. The van der Waals surface area contributed by atoms with E-state index in [4.69, 9.17) is 22.0 Å². The van der Waals surface area contributed by atoms with Crippen LogP contribution in [0.25, 0.3) is 0 Å². The molecule has 1 atom stereocenters. The van der Waals surface area contributed by atoms with E-state index in [1.807, 2.05) is 0 Å². The summed E-state index contributed by atoms with van der Waals surface area (Å²) in [7, 11) is 1.48. The first-order valence-electron chi connectivity index (χ1n) is 5.65. The summed E-state index contributed by atoms with van der Waals surface area (Å²) >= 11 is 5.79. The lowest BCUT2D eigenvalue weighted by atomic mass is 10.2. The topological polar surface area (TPSA) is 106 Å². The molecule has 20 heavy (non-hydrogen) atoms. The molecule has 2 N–H and O–H groups in total. The lowest BCUT2D eigenvalue weighted by Gasteiger charge is -2.19. The van der Waals surface area contributed by atoms with E-state index >= 15 is 0 Å². The van der Waals surface area contributed by atoms with Crippen molar-refractivity contribution in [3.05, 3.63) is 23.0 Å². The summed E-state index contributed by atoms with van der Waals surface area (Å²) < 4.78 is 0. The van der Waals surface area contributed by atoms with Gasteiger partial charge < -0.3 is 15.3 Å². The number of nitrogens with one attached hydrogen (secondary N) is 1. The minimum atomic E-state index is -0.979. The number of carboxylic acids is 1. The summed E-state index contributed by atoms with van der Waals surface area (Å²) in [6.45, 7) is 1.57. The molecule has 0 aliphatic rings. The number of amides is 2. The largest absolute Gasteiger partial charge is 0.481 e. The molecule has 0 aliphatic heterocycles. The summed E-state index contributed by atoms with van der Waals surface area (Å²) in [5.74, 6) is -1.65. The van der Waals surface area contributed by atoms with Crippen LogP contribution in [0.1, 0.15) is 12.6 Å². The van der Waals surface area contributed by atoms with Crippen molar-refractivity contribution >= 4 is 29.3 Å². The minimum Gasteiger partial charge on any atom is -0.481 e. The van der Waals surface area contributed by atoms with Crippen molar-refractivity contribution in [2.24, 2.45) is 5.92 Å². The number of carboxylic acid groups (broad SMARTS) is 1. The van der Waals surface area contributed by atoms with E-state index in [0.717, 1.165) is 0 Å². The average molecular weight is 297 g/mol. The molecule has 7 nitrogen and oxygen atoms in total. The molecule has 0 bridgehead atoms. The molecule has 0 radical (unpaired) electrons. The number of nitrogens with zero attached hydrogens (tertiary/aromatic N) is 3. The number of rotatable bonds is 4. The molecule has 2 amide bonds. The van der Waals surface area contributed by atoms with Crippen LogP contribution in [-0.4, -0.2) is 40.6 Å². The molecule has 0 spiro atoms. The molecule has 0 saturated carbocycles. The predicted molar refractivity (Wildman–Crippen MR) is 72.4 cm³/mol. The maximum Gasteiger partial charge on any atom is 0.321 e. The van der Waals surface area contributed by atoms with Crippen LogP contribution < -0.4 is 5.32 Å². The first-order chi connectivity index (χ1) is 9.35. The van der Waals surface area contributed by atoms with E-state index < -0.39 is 17.9 Å². The first-order valence-corrected chi connectivity index (χ1v) is 6.03. The highest BCUT2D eigenvalue weighted by atomic mass is 35.5. The van der Waals surface area contributed by atoms with Crippen molar-refractivity contribution in [3.63, 3.8) is 0 Å². The molecular weight excluding hydrogens is 284 g/mol. The van der Waals surface area contributed by atoms with Gasteiger partial charge in [-0.3, -0.25) is 4.79 Å². The Morgan fingerprint density at radius 1 is 1.65 bits per heavy atom. The fourth-order valence-electron chi connectivity index (χ4n) is 1.38. The molecule has 106 valence electrons. The fraction of sp³-hybridized carbons (Fsp3) is 0.333. The molecule has 1 aromatic rings. The monoisotopic (exact) mass is 296 g/mol. The number of anilines is 1. The Labute approximate surface area is 120 Å². The van der Waals surface area contributed by atoms with Gasteiger partial charge in [0, 0.05) is 13.6 Å². The third kappa shape index (κ3) is 4.10. The van der Waals surface area contributed by atoms with Crippen LogP contribution in [0.15, 0.2) is 12.3 Å². The smallest absolute Gasteiger partial charge is 0.321 e. The second-order valence-electron chi connectivity index (χ2n) is 4.22. The summed E-state index contributed by atoms with van der Waals surface area (Å²) in [6, 6.07) is 2.72. The van der Waals surface area contributed by atoms with E-state index in [0.29, 0.717) is 5.69 Å². The number of carbonyl (C=O) groups excluding carboxylic acids is 1. The number of hydrogen-bond donors (Lipinski definition) is 2. The van der Waals surface area contributed by atoms with Crippen molar-refractivity contribution in [1.82, 2.24) is 9.88 Å². The van der Waals surface area contributed by atoms with Crippen molar-refractivity contribution in [2.75, 3.05) is 18.9 Å². The highest BCUT2D eigenvalue weighted by Crippen LogP contribution is 2.17. The number of nitriles is 1. The van der Waals surface area contributed by atoms with Gasteiger partial charge in [0.1, 0.15) is 6.07 Å². The van der Waals surface area contributed by atoms with Crippen LogP contribution in [0, 0.1) is 17.2 Å². The van der Waals surface area contributed by atoms with Gasteiger partial charge in [-0.25, -0.2) is 9.78 Å². The Morgan fingerprint density at radius 3 is 2.80 bits per heavy atom. The Morgan fingerprint density at radius 2 is 2.30 bits per heavy atom. The van der Waals surface area contributed by atoms with Gasteiger partial charge in [-0.1, -0.05) is 18.5 Å². The lowest BCUT2D eigenvalue weighted by molar-refractivity contribution is -0.141. The van der Waals surface area contributed by atoms with Gasteiger partial charge in [0.05, 0.1) is 22.8 Å². The number of pyridine rings is 1. The Kier molecular flexibility index (Phi) is 5.29. The standard InChI is InChI=1S/C12H13ClN4O3/c1-7(11(18)19)6-17(2)12(20)16-8-3-9(13)10(4-14)15-5-8/h3,5,7H,6H2,1-2H3,(H,16,20)(H,18,19). The number of aromatic nitrogens is 1. The number of urea groups is 1. The van der Waals surface area contributed by atoms with Gasteiger partial charge in [-0.05, 0) is 6.07 Å². The highest BCUT2D eigenvalue weighted by Gasteiger charge is 2.17. The third-order valence-corrected chi connectivity index (χ3v) is 2.80. The van der Waals surface area contributed by atoms with Gasteiger partial charge in [-0.2, -0.15) is 5.26 Å². The fourth-order valence-corrected chi connectivity index (χ4v) is 1.59. The Balaban J connectivity index is 2.69. The molecule has 0 saturated heterocycles. The van der Waals surface area contributed by atoms with Gasteiger partial charge >= 0.3 is 12.0 Å². The average Bonchev–Trinajstić information content (AvgIpc) is 2.38. The van der Waals surface area contributed by atoms with E-state index in [1.165, 1.54) is 31.1 Å². The molecule has 1 heterocycles. The quantitative estimate of drug-likeness (QED) is 0.881. The summed E-state index contributed by atoms with van der Waals surface area (Å²) in [5, 5.41) is 20.1. The minimum absolute atomic E-state index is 0.0671. The lowest BCUT2D eigenvalue weighted by Crippen LogP contribution is -2.36. The van der Waals surface area contributed by atoms with Gasteiger partial charge in [-0.15, -0.1) is 0 Å². The zero-order chi connectivity index (χ0) is 15.3. The zero-order valence-electron chi connectivity index (χ0n) is 10.9. The van der Waals surface area contributed by atoms with E-state index in [-0.39, 0.29) is 17.3 Å². The zero-order valence-corrected chi connectivity index (χ0v) is 11.7. The number of halogens is 1. The van der Waals surface area contributed by atoms with Gasteiger partial charge in [0.15, 0.2) is 5.69 Å². The molecular formula is C12H13ClN4O3. The summed E-state index contributed by atoms with van der Waals surface area (Å²) in [6.07, 6.45) is 1.30. The molecule has 0 aliphatic carbocycles. The van der Waals surface area contributed by atoms with Crippen molar-refractivity contribution in [1.29, 1.82) is 5.26 Å². The van der Waals surface area contributed by atoms with Gasteiger partial charge in [0.25, 0.3) is 0 Å². The number of aliphatic carboxylic acids is 1. The normalized spacial score (nSPS) is 11.3. The Hall–Kier alpha value is -2.33. The highest BCUT2D eigenvalue weighted by molar-refractivity contribution is 6.31. The molecule has 1 aromatic heterocycles. The third-order valence-electron chi connectivity index (χ3n) is 2.51. The van der Waals surface area contributed by atoms with E-state index in [9.17, 15) is 9.59 Å². The van der Waals surface area contributed by atoms with Crippen LogP contribution >= 0.6 is 11.6 Å². The molecule has 1 rings (SSSR count). The van der Waals surface area contributed by atoms with Crippen LogP contribution in [-0.2, 0) is 4.79 Å². The molecule has 1 unspecified atom stereocenters. The van der Waals surface area contributed by atoms with Crippen LogP contribution in [0.2, 0.25) is 5.02 Å². The van der Waals surface area contributed by atoms with Crippen molar-refractivity contribution in [3.8, 4) is 6.07 Å². The van der Waals surface area contributed by atoms with Crippen LogP contribution in [0.4, 0.5) is 10.5 Å². The number of carbonyl (C=O) groups is 2. The first kappa shape index (κ1) is 15.7. The van der Waals surface area contributed by atoms with Gasteiger partial charge in [0.2, 0.25) is 0 Å². The predicted octanol–water partition coefficient (Wildman–Crippen LogP) is 1.79. The van der Waals surface area contributed by atoms with Crippen LogP contribution in [0.5, 0.6) is 0 Å². The van der Waals surface area contributed by atoms with Crippen LogP contribution in [0.3, 0.4) is 0 Å². The maximum absolute atomic E-state index is 11.8. The second kappa shape index (κ2) is 6.73. The SMILES string of the molecule is CC(CN(C)C(=O)Nc1cnc(C#N)c(Cl)c1)C(=O)O. The molecule has 0 aromatic carbocycles. The van der Waals surface area contributed by atoms with E-state index in [1.54, 1.807) is 6.07 Å². The van der Waals surface area contributed by atoms with Crippen molar-refractivity contribution in [2.45, 2.75) is 6.92 Å².